The lowest BCUT2D eigenvalue weighted by atomic mass is 10.2. The molecule has 1 saturated heterocycles. The average molecular weight is 292 g/mol. The lowest BCUT2D eigenvalue weighted by Crippen LogP contribution is -2.33. The summed E-state index contributed by atoms with van der Waals surface area (Å²) in [5, 5.41) is 3.20. The SMILES string of the molecule is CCCc1nc(NC)c(C)c(N(CC)CC2CCCO2)n1. The summed E-state index contributed by atoms with van der Waals surface area (Å²) in [5.41, 5.74) is 1.12. The molecule has 0 amide bonds. The zero-order valence-electron chi connectivity index (χ0n) is 13.8. The van der Waals surface area contributed by atoms with Crippen molar-refractivity contribution in [3.8, 4) is 0 Å². The second kappa shape index (κ2) is 7.59. The van der Waals surface area contributed by atoms with Crippen molar-refractivity contribution in [3.05, 3.63) is 11.4 Å². The smallest absolute Gasteiger partial charge is 0.137 e. The Balaban J connectivity index is 2.26. The number of nitrogens with one attached hydrogen (secondary N) is 1. The molecule has 5 nitrogen and oxygen atoms in total. The molecule has 0 radical (unpaired) electrons. The molecular formula is C16H28N4O. The number of ether oxygens (including phenoxy) is 1. The van der Waals surface area contributed by atoms with Crippen molar-refractivity contribution < 1.29 is 4.74 Å². The average Bonchev–Trinajstić information content (AvgIpc) is 3.00. The molecule has 1 N–H and O–H groups in total. The van der Waals surface area contributed by atoms with Crippen LogP contribution in [0.4, 0.5) is 11.6 Å². The molecule has 1 aromatic heterocycles. The molecule has 1 aliphatic rings. The summed E-state index contributed by atoms with van der Waals surface area (Å²) in [6.45, 7) is 9.18. The number of rotatable bonds is 7. The van der Waals surface area contributed by atoms with Gasteiger partial charge in [0.1, 0.15) is 17.5 Å². The topological polar surface area (TPSA) is 50.3 Å². The van der Waals surface area contributed by atoms with Crippen LogP contribution in [0.25, 0.3) is 0 Å². The van der Waals surface area contributed by atoms with Gasteiger partial charge in [-0.05, 0) is 33.1 Å². The summed E-state index contributed by atoms with van der Waals surface area (Å²) in [4.78, 5) is 11.7. The van der Waals surface area contributed by atoms with E-state index in [1.165, 1.54) is 6.42 Å². The van der Waals surface area contributed by atoms with E-state index >= 15 is 0 Å². The van der Waals surface area contributed by atoms with Crippen molar-refractivity contribution in [1.29, 1.82) is 0 Å². The highest BCUT2D eigenvalue weighted by Gasteiger charge is 2.22. The molecule has 0 aromatic carbocycles. The van der Waals surface area contributed by atoms with Crippen LogP contribution in [-0.4, -0.2) is 42.8 Å². The van der Waals surface area contributed by atoms with Gasteiger partial charge in [0.2, 0.25) is 0 Å². The second-order valence-electron chi connectivity index (χ2n) is 5.61. The summed E-state index contributed by atoms with van der Waals surface area (Å²) in [6.07, 6.45) is 4.64. The lowest BCUT2D eigenvalue weighted by Gasteiger charge is -2.27. The van der Waals surface area contributed by atoms with Crippen LogP contribution in [0, 0.1) is 6.92 Å². The number of anilines is 2. The van der Waals surface area contributed by atoms with Crippen LogP contribution in [0.3, 0.4) is 0 Å². The minimum absolute atomic E-state index is 0.340. The largest absolute Gasteiger partial charge is 0.376 e. The Morgan fingerprint density at radius 2 is 2.14 bits per heavy atom. The number of nitrogens with zero attached hydrogens (tertiary/aromatic N) is 3. The maximum atomic E-state index is 5.78. The van der Waals surface area contributed by atoms with Crippen molar-refractivity contribution in [2.24, 2.45) is 0 Å². The van der Waals surface area contributed by atoms with E-state index in [0.717, 1.165) is 62.0 Å². The Bertz CT molecular complexity index is 458. The number of aromatic nitrogens is 2. The summed E-state index contributed by atoms with van der Waals surface area (Å²) in [6, 6.07) is 0. The number of hydrogen-bond donors (Lipinski definition) is 1. The predicted molar refractivity (Wildman–Crippen MR) is 87.2 cm³/mol. The highest BCUT2D eigenvalue weighted by molar-refractivity contribution is 5.58. The zero-order chi connectivity index (χ0) is 15.2. The number of hydrogen-bond acceptors (Lipinski definition) is 5. The van der Waals surface area contributed by atoms with Gasteiger partial charge >= 0.3 is 0 Å². The van der Waals surface area contributed by atoms with E-state index in [9.17, 15) is 0 Å². The van der Waals surface area contributed by atoms with E-state index in [1.807, 2.05) is 7.05 Å². The first-order valence-electron chi connectivity index (χ1n) is 8.11. The molecule has 118 valence electrons. The monoisotopic (exact) mass is 292 g/mol. The first kappa shape index (κ1) is 16.0. The molecule has 2 rings (SSSR count). The predicted octanol–water partition coefficient (Wildman–Crippen LogP) is 2.78. The van der Waals surface area contributed by atoms with Gasteiger partial charge in [0, 0.05) is 38.7 Å². The van der Waals surface area contributed by atoms with Crippen molar-refractivity contribution >= 4 is 11.6 Å². The molecular weight excluding hydrogens is 264 g/mol. The summed E-state index contributed by atoms with van der Waals surface area (Å²) in [7, 11) is 1.92. The van der Waals surface area contributed by atoms with E-state index in [2.05, 4.69) is 36.0 Å². The Labute approximate surface area is 128 Å². The van der Waals surface area contributed by atoms with Gasteiger partial charge in [-0.15, -0.1) is 0 Å². The summed E-state index contributed by atoms with van der Waals surface area (Å²) in [5.74, 6) is 2.92. The van der Waals surface area contributed by atoms with Gasteiger partial charge < -0.3 is 15.0 Å². The highest BCUT2D eigenvalue weighted by atomic mass is 16.5. The van der Waals surface area contributed by atoms with Gasteiger partial charge in [0.05, 0.1) is 6.10 Å². The van der Waals surface area contributed by atoms with Crippen LogP contribution in [0.2, 0.25) is 0 Å². The summed E-state index contributed by atoms with van der Waals surface area (Å²) >= 11 is 0. The van der Waals surface area contributed by atoms with Crippen LogP contribution in [-0.2, 0) is 11.2 Å². The standard InChI is InChI=1S/C16H28N4O/c1-5-8-14-18-15(17-4)12(3)16(19-14)20(6-2)11-13-9-7-10-21-13/h13H,5-11H2,1-4H3,(H,17,18,19). The molecule has 0 spiro atoms. The van der Waals surface area contributed by atoms with E-state index in [1.54, 1.807) is 0 Å². The van der Waals surface area contributed by atoms with E-state index in [4.69, 9.17) is 9.72 Å². The van der Waals surface area contributed by atoms with Crippen molar-refractivity contribution in [1.82, 2.24) is 9.97 Å². The maximum Gasteiger partial charge on any atom is 0.137 e. The third-order valence-electron chi connectivity index (χ3n) is 4.01. The molecule has 1 aromatic rings. The van der Waals surface area contributed by atoms with E-state index in [-0.39, 0.29) is 0 Å². The van der Waals surface area contributed by atoms with Gasteiger partial charge in [-0.1, -0.05) is 6.92 Å². The quantitative estimate of drug-likeness (QED) is 0.837. The van der Waals surface area contributed by atoms with Gasteiger partial charge in [-0.3, -0.25) is 0 Å². The molecule has 21 heavy (non-hydrogen) atoms. The van der Waals surface area contributed by atoms with Gasteiger partial charge in [0.25, 0.3) is 0 Å². The Morgan fingerprint density at radius 3 is 2.71 bits per heavy atom. The van der Waals surface area contributed by atoms with Crippen molar-refractivity contribution in [2.45, 2.75) is 52.6 Å². The third kappa shape index (κ3) is 3.84. The minimum atomic E-state index is 0.340. The van der Waals surface area contributed by atoms with Crippen LogP contribution < -0.4 is 10.2 Å². The van der Waals surface area contributed by atoms with Crippen LogP contribution in [0.15, 0.2) is 0 Å². The first-order valence-corrected chi connectivity index (χ1v) is 8.11. The zero-order valence-corrected chi connectivity index (χ0v) is 13.8. The molecule has 1 atom stereocenters. The van der Waals surface area contributed by atoms with E-state index in [0.29, 0.717) is 6.10 Å². The number of likely N-dealkylation sites (N-methyl/N-ethyl adjacent to an activating group) is 1. The van der Waals surface area contributed by atoms with Crippen LogP contribution in [0.5, 0.6) is 0 Å². The second-order valence-corrected chi connectivity index (χ2v) is 5.61. The summed E-state index contributed by atoms with van der Waals surface area (Å²) < 4.78 is 5.78. The van der Waals surface area contributed by atoms with Crippen molar-refractivity contribution in [3.63, 3.8) is 0 Å². The molecule has 5 heteroatoms. The molecule has 0 saturated carbocycles. The van der Waals surface area contributed by atoms with Gasteiger partial charge in [-0.2, -0.15) is 0 Å². The van der Waals surface area contributed by atoms with Gasteiger partial charge in [0.15, 0.2) is 0 Å². The molecule has 1 aliphatic heterocycles. The molecule has 1 fully saturated rings. The molecule has 0 bridgehead atoms. The molecule has 0 aliphatic carbocycles. The Morgan fingerprint density at radius 1 is 1.33 bits per heavy atom. The Kier molecular flexibility index (Phi) is 5.79. The van der Waals surface area contributed by atoms with E-state index < -0.39 is 0 Å². The fourth-order valence-electron chi connectivity index (χ4n) is 2.84. The van der Waals surface area contributed by atoms with Crippen molar-refractivity contribution in [2.75, 3.05) is 37.0 Å². The highest BCUT2D eigenvalue weighted by Crippen LogP contribution is 2.25. The van der Waals surface area contributed by atoms with Crippen LogP contribution in [0.1, 0.15) is 44.5 Å². The lowest BCUT2D eigenvalue weighted by molar-refractivity contribution is 0.115. The third-order valence-corrected chi connectivity index (χ3v) is 4.01. The fourth-order valence-corrected chi connectivity index (χ4v) is 2.84. The van der Waals surface area contributed by atoms with Crippen LogP contribution >= 0.6 is 0 Å². The van der Waals surface area contributed by atoms with Gasteiger partial charge in [-0.25, -0.2) is 9.97 Å². The fraction of sp³-hybridized carbons (Fsp3) is 0.750. The normalized spacial score (nSPS) is 18.0. The maximum absolute atomic E-state index is 5.78. The Hall–Kier alpha value is -1.36. The minimum Gasteiger partial charge on any atom is -0.376 e. The molecule has 1 unspecified atom stereocenters. The number of aryl methyl sites for hydroxylation is 1. The first-order chi connectivity index (χ1) is 10.2. The molecule has 2 heterocycles.